The fourth-order valence-electron chi connectivity index (χ4n) is 2.79. The Hall–Kier alpha value is -3.35. The van der Waals surface area contributed by atoms with E-state index in [9.17, 15) is 9.59 Å². The van der Waals surface area contributed by atoms with Gasteiger partial charge in [0.15, 0.2) is 0 Å². The number of amides is 2. The van der Waals surface area contributed by atoms with Gasteiger partial charge in [0.1, 0.15) is 12.4 Å². The van der Waals surface area contributed by atoms with Crippen LogP contribution in [0.4, 0.5) is 5.69 Å². The number of nitrogens with zero attached hydrogens (tertiary/aromatic N) is 1. The zero-order valence-corrected chi connectivity index (χ0v) is 19.0. The van der Waals surface area contributed by atoms with E-state index >= 15 is 0 Å². The minimum absolute atomic E-state index is 0.203. The molecule has 164 valence electrons. The maximum atomic E-state index is 12.1. The molecule has 0 spiro atoms. The molecule has 3 rings (SSSR count). The minimum atomic E-state index is -0.872. The number of halogens is 2. The van der Waals surface area contributed by atoms with Gasteiger partial charge in [0.2, 0.25) is 0 Å². The quantitative estimate of drug-likeness (QED) is 0.292. The molecule has 0 aliphatic carbocycles. The van der Waals surface area contributed by atoms with Crippen LogP contribution in [-0.2, 0) is 16.2 Å². The Bertz CT molecular complexity index is 1160. The predicted molar refractivity (Wildman–Crippen MR) is 128 cm³/mol. The molecule has 6 nitrogen and oxygen atoms in total. The fourth-order valence-corrected chi connectivity index (χ4v) is 3.30. The third-order valence-electron chi connectivity index (χ3n) is 4.74. The van der Waals surface area contributed by atoms with E-state index in [4.69, 9.17) is 27.9 Å². The summed E-state index contributed by atoms with van der Waals surface area (Å²) in [7, 11) is 0. The van der Waals surface area contributed by atoms with Crippen LogP contribution >= 0.6 is 23.2 Å². The number of aryl methyl sites for hydroxylation is 1. The molecule has 0 aromatic heterocycles. The fraction of sp³-hybridized carbons (Fsp3) is 0.125. The summed E-state index contributed by atoms with van der Waals surface area (Å²) in [5.41, 5.74) is 6.07. The highest BCUT2D eigenvalue weighted by molar-refractivity contribution is 6.39. The Morgan fingerprint density at radius 1 is 0.969 bits per heavy atom. The Labute approximate surface area is 196 Å². The van der Waals surface area contributed by atoms with Crippen LogP contribution in [0, 0.1) is 13.8 Å². The highest BCUT2D eigenvalue weighted by Crippen LogP contribution is 2.26. The number of nitrogens with one attached hydrogen (secondary N) is 2. The third-order valence-corrected chi connectivity index (χ3v) is 5.45. The molecule has 3 aromatic carbocycles. The Morgan fingerprint density at radius 2 is 1.66 bits per heavy atom. The van der Waals surface area contributed by atoms with E-state index in [0.717, 1.165) is 11.1 Å². The molecular weight excluding hydrogens is 449 g/mol. The summed E-state index contributed by atoms with van der Waals surface area (Å²) in [6.07, 6.45) is 1.42. The van der Waals surface area contributed by atoms with Gasteiger partial charge in [-0.05, 0) is 60.9 Å². The molecular formula is C24H21Cl2N3O3. The number of anilines is 1. The maximum Gasteiger partial charge on any atom is 0.329 e. The minimum Gasteiger partial charge on any atom is -0.489 e. The van der Waals surface area contributed by atoms with Gasteiger partial charge >= 0.3 is 11.8 Å². The molecule has 32 heavy (non-hydrogen) atoms. The highest BCUT2D eigenvalue weighted by atomic mass is 35.5. The molecule has 8 heteroatoms. The second kappa shape index (κ2) is 10.8. The number of rotatable bonds is 6. The van der Waals surface area contributed by atoms with Gasteiger partial charge in [-0.2, -0.15) is 5.10 Å². The summed E-state index contributed by atoms with van der Waals surface area (Å²) in [5.74, 6) is -1.10. The van der Waals surface area contributed by atoms with Crippen molar-refractivity contribution in [2.24, 2.45) is 5.10 Å². The summed E-state index contributed by atoms with van der Waals surface area (Å²) >= 11 is 12.3. The second-order valence-electron chi connectivity index (χ2n) is 6.96. The average Bonchev–Trinajstić information content (AvgIpc) is 2.77. The molecule has 3 aromatic rings. The van der Waals surface area contributed by atoms with E-state index in [1.54, 1.807) is 48.5 Å². The highest BCUT2D eigenvalue weighted by Gasteiger charge is 2.14. The lowest BCUT2D eigenvalue weighted by Gasteiger charge is -2.10. The summed E-state index contributed by atoms with van der Waals surface area (Å²) in [6.45, 7) is 4.00. The number of ether oxygens (including phenoxy) is 1. The van der Waals surface area contributed by atoms with Crippen LogP contribution < -0.4 is 15.5 Å². The van der Waals surface area contributed by atoms with Gasteiger partial charge in [-0.3, -0.25) is 9.59 Å². The molecule has 0 radical (unpaired) electrons. The summed E-state index contributed by atoms with van der Waals surface area (Å²) < 4.78 is 5.77. The topological polar surface area (TPSA) is 79.8 Å². The summed E-state index contributed by atoms with van der Waals surface area (Å²) in [4.78, 5) is 24.1. The van der Waals surface area contributed by atoms with Gasteiger partial charge in [0.05, 0.1) is 6.21 Å². The molecule has 0 atom stereocenters. The van der Waals surface area contributed by atoms with Crippen LogP contribution in [0.3, 0.4) is 0 Å². The van der Waals surface area contributed by atoms with Crippen molar-refractivity contribution in [3.63, 3.8) is 0 Å². The Kier molecular flexibility index (Phi) is 7.87. The standard InChI is InChI=1S/C24H21Cl2N3O3/c1-15-6-3-11-22(16(15)2)28-23(30)24(31)29-27-13-17-7-4-8-18(12-17)32-14-19-20(25)9-5-10-21(19)26/h3-13H,14H2,1-2H3,(H,28,30)(H,29,31)/b27-13-. The van der Waals surface area contributed by atoms with Crippen molar-refractivity contribution in [2.45, 2.75) is 20.5 Å². The molecule has 0 saturated heterocycles. The zero-order valence-electron chi connectivity index (χ0n) is 17.5. The number of hydrazone groups is 1. The second-order valence-corrected chi connectivity index (χ2v) is 7.78. The van der Waals surface area contributed by atoms with Gasteiger partial charge in [-0.15, -0.1) is 0 Å². The molecule has 2 N–H and O–H groups in total. The van der Waals surface area contributed by atoms with Crippen LogP contribution in [0.1, 0.15) is 22.3 Å². The number of carbonyl (C=O) groups excluding carboxylic acids is 2. The molecule has 0 aliphatic heterocycles. The molecule has 0 unspecified atom stereocenters. The first-order valence-corrected chi connectivity index (χ1v) is 10.5. The smallest absolute Gasteiger partial charge is 0.329 e. The van der Waals surface area contributed by atoms with Crippen molar-refractivity contribution in [3.05, 3.63) is 93.0 Å². The van der Waals surface area contributed by atoms with Gasteiger partial charge in [-0.25, -0.2) is 5.43 Å². The van der Waals surface area contributed by atoms with E-state index < -0.39 is 11.8 Å². The van der Waals surface area contributed by atoms with E-state index in [0.29, 0.717) is 32.6 Å². The maximum absolute atomic E-state index is 12.1. The van der Waals surface area contributed by atoms with Gasteiger partial charge in [0, 0.05) is 21.3 Å². The number of carbonyl (C=O) groups is 2. The number of benzene rings is 3. The first-order chi connectivity index (χ1) is 15.3. The number of hydrogen-bond acceptors (Lipinski definition) is 4. The normalized spacial score (nSPS) is 10.8. The van der Waals surface area contributed by atoms with Crippen molar-refractivity contribution in [1.29, 1.82) is 0 Å². The lowest BCUT2D eigenvalue weighted by Crippen LogP contribution is -2.32. The monoisotopic (exact) mass is 469 g/mol. The molecule has 0 heterocycles. The lowest BCUT2D eigenvalue weighted by atomic mass is 10.1. The van der Waals surface area contributed by atoms with E-state index in [-0.39, 0.29) is 6.61 Å². The predicted octanol–water partition coefficient (Wildman–Crippen LogP) is 5.28. The van der Waals surface area contributed by atoms with E-state index in [2.05, 4.69) is 15.8 Å². The van der Waals surface area contributed by atoms with Crippen molar-refractivity contribution >= 4 is 46.9 Å². The van der Waals surface area contributed by atoms with E-state index in [1.165, 1.54) is 6.21 Å². The van der Waals surface area contributed by atoms with Crippen molar-refractivity contribution in [1.82, 2.24) is 5.43 Å². The van der Waals surface area contributed by atoms with Gasteiger partial charge in [0.25, 0.3) is 0 Å². The first-order valence-electron chi connectivity index (χ1n) is 9.71. The van der Waals surface area contributed by atoms with Crippen LogP contribution in [0.25, 0.3) is 0 Å². The van der Waals surface area contributed by atoms with Gasteiger partial charge in [-0.1, -0.05) is 53.5 Å². The van der Waals surface area contributed by atoms with E-state index in [1.807, 2.05) is 26.0 Å². The van der Waals surface area contributed by atoms with Crippen LogP contribution in [0.2, 0.25) is 10.0 Å². The van der Waals surface area contributed by atoms with Crippen LogP contribution in [0.15, 0.2) is 65.8 Å². The van der Waals surface area contributed by atoms with Crippen LogP contribution in [0.5, 0.6) is 5.75 Å². The first kappa shape index (κ1) is 23.3. The Balaban J connectivity index is 1.56. The molecule has 0 aliphatic rings. The summed E-state index contributed by atoms with van der Waals surface area (Å²) in [6, 6.07) is 17.8. The third kappa shape index (κ3) is 6.09. The lowest BCUT2D eigenvalue weighted by molar-refractivity contribution is -0.136. The number of hydrogen-bond donors (Lipinski definition) is 2. The zero-order chi connectivity index (χ0) is 23.1. The van der Waals surface area contributed by atoms with Crippen molar-refractivity contribution < 1.29 is 14.3 Å². The molecule has 0 bridgehead atoms. The molecule has 0 fully saturated rings. The van der Waals surface area contributed by atoms with Gasteiger partial charge < -0.3 is 10.1 Å². The average molecular weight is 470 g/mol. The Morgan fingerprint density at radius 3 is 2.41 bits per heavy atom. The van der Waals surface area contributed by atoms with Crippen molar-refractivity contribution in [2.75, 3.05) is 5.32 Å². The largest absolute Gasteiger partial charge is 0.489 e. The molecule has 0 saturated carbocycles. The molecule has 2 amide bonds. The SMILES string of the molecule is Cc1cccc(NC(=O)C(=O)N/N=C\c2cccc(OCc3c(Cl)cccc3Cl)c2)c1C. The van der Waals surface area contributed by atoms with Crippen LogP contribution in [-0.4, -0.2) is 18.0 Å². The summed E-state index contributed by atoms with van der Waals surface area (Å²) in [5, 5.41) is 7.48. The van der Waals surface area contributed by atoms with Crippen molar-refractivity contribution in [3.8, 4) is 5.75 Å².